The molecule has 0 bridgehead atoms. The van der Waals surface area contributed by atoms with Crippen LogP contribution in [0.3, 0.4) is 0 Å². The lowest BCUT2D eigenvalue weighted by atomic mass is 10.2. The summed E-state index contributed by atoms with van der Waals surface area (Å²) in [5.41, 5.74) is 0. The second-order valence-electron chi connectivity index (χ2n) is 3.56. The van der Waals surface area contributed by atoms with Crippen LogP contribution >= 0.6 is 0 Å². The standard InChI is InChI=1S/C10H14N2O6/c1-6-4-9(12-18-6)17-5-8(14)11-3-2-7(13)10(15)16/h4,7,13H,2-3,5H2,1H3,(H,11,14)(H,15,16)/t7-/m0/s1. The number of carbonyl (C=O) groups is 2. The molecule has 0 saturated heterocycles. The van der Waals surface area contributed by atoms with Crippen LogP contribution in [0.4, 0.5) is 0 Å². The van der Waals surface area contributed by atoms with Crippen LogP contribution < -0.4 is 10.1 Å². The number of carboxylic acids is 1. The van der Waals surface area contributed by atoms with Crippen molar-refractivity contribution in [3.05, 3.63) is 11.8 Å². The number of hydrogen-bond acceptors (Lipinski definition) is 6. The fraction of sp³-hybridized carbons (Fsp3) is 0.500. The first-order chi connectivity index (χ1) is 8.49. The van der Waals surface area contributed by atoms with Gasteiger partial charge in [0.05, 0.1) is 0 Å². The minimum atomic E-state index is -1.48. The fourth-order valence-corrected chi connectivity index (χ4v) is 1.07. The Morgan fingerprint density at radius 2 is 2.33 bits per heavy atom. The van der Waals surface area contributed by atoms with Crippen molar-refractivity contribution in [3.8, 4) is 5.88 Å². The highest BCUT2D eigenvalue weighted by atomic mass is 16.5. The molecule has 0 unspecified atom stereocenters. The number of aliphatic hydroxyl groups excluding tert-OH is 1. The highest BCUT2D eigenvalue weighted by Crippen LogP contribution is 2.09. The van der Waals surface area contributed by atoms with Gasteiger partial charge in [-0.1, -0.05) is 0 Å². The van der Waals surface area contributed by atoms with Crippen molar-refractivity contribution in [2.45, 2.75) is 19.4 Å². The van der Waals surface area contributed by atoms with E-state index in [9.17, 15) is 9.59 Å². The maximum absolute atomic E-state index is 11.3. The molecule has 1 atom stereocenters. The van der Waals surface area contributed by atoms with E-state index in [4.69, 9.17) is 19.5 Å². The number of aryl methyl sites for hydroxylation is 1. The number of aliphatic carboxylic acids is 1. The number of carbonyl (C=O) groups excluding carboxylic acids is 1. The van der Waals surface area contributed by atoms with Gasteiger partial charge < -0.3 is 24.8 Å². The van der Waals surface area contributed by atoms with Gasteiger partial charge >= 0.3 is 5.97 Å². The van der Waals surface area contributed by atoms with Gasteiger partial charge in [0.2, 0.25) is 0 Å². The number of ether oxygens (including phenoxy) is 1. The van der Waals surface area contributed by atoms with E-state index < -0.39 is 18.0 Å². The summed E-state index contributed by atoms with van der Waals surface area (Å²) in [6, 6.07) is 1.53. The zero-order valence-electron chi connectivity index (χ0n) is 9.75. The van der Waals surface area contributed by atoms with E-state index in [2.05, 4.69) is 10.5 Å². The molecule has 0 aliphatic carbocycles. The maximum Gasteiger partial charge on any atom is 0.332 e. The van der Waals surface area contributed by atoms with Gasteiger partial charge in [-0.2, -0.15) is 0 Å². The van der Waals surface area contributed by atoms with E-state index in [1.807, 2.05) is 0 Å². The molecule has 18 heavy (non-hydrogen) atoms. The summed E-state index contributed by atoms with van der Waals surface area (Å²) in [5.74, 6) is -0.991. The first-order valence-electron chi connectivity index (χ1n) is 5.22. The van der Waals surface area contributed by atoms with Crippen molar-refractivity contribution in [2.24, 2.45) is 0 Å². The molecular weight excluding hydrogens is 244 g/mol. The van der Waals surface area contributed by atoms with Gasteiger partial charge in [0.15, 0.2) is 12.7 Å². The van der Waals surface area contributed by atoms with E-state index in [0.29, 0.717) is 5.76 Å². The van der Waals surface area contributed by atoms with Crippen LogP contribution in [0.15, 0.2) is 10.6 Å². The summed E-state index contributed by atoms with van der Waals surface area (Å²) in [7, 11) is 0. The molecule has 0 fully saturated rings. The number of aliphatic hydroxyl groups is 1. The molecule has 100 valence electrons. The fourth-order valence-electron chi connectivity index (χ4n) is 1.07. The Morgan fingerprint density at radius 3 is 2.89 bits per heavy atom. The van der Waals surface area contributed by atoms with E-state index >= 15 is 0 Å². The molecule has 1 amide bonds. The van der Waals surface area contributed by atoms with Crippen molar-refractivity contribution >= 4 is 11.9 Å². The topological polar surface area (TPSA) is 122 Å². The molecule has 1 aromatic heterocycles. The average molecular weight is 258 g/mol. The van der Waals surface area contributed by atoms with Gasteiger partial charge in [0, 0.05) is 19.0 Å². The van der Waals surface area contributed by atoms with Gasteiger partial charge in [-0.3, -0.25) is 4.79 Å². The van der Waals surface area contributed by atoms with Gasteiger partial charge in [0.1, 0.15) is 5.76 Å². The lowest BCUT2D eigenvalue weighted by Gasteiger charge is -2.07. The highest BCUT2D eigenvalue weighted by molar-refractivity contribution is 5.77. The third-order valence-electron chi connectivity index (χ3n) is 1.98. The van der Waals surface area contributed by atoms with Crippen LogP contribution in [0.2, 0.25) is 0 Å². The molecule has 3 N–H and O–H groups in total. The SMILES string of the molecule is Cc1cc(OCC(=O)NCC[C@H](O)C(=O)O)no1. The summed E-state index contributed by atoms with van der Waals surface area (Å²) in [4.78, 5) is 21.5. The van der Waals surface area contributed by atoms with Crippen LogP contribution in [-0.4, -0.2) is 46.5 Å². The Kier molecular flexibility index (Phi) is 5.12. The summed E-state index contributed by atoms with van der Waals surface area (Å²) < 4.78 is 9.73. The predicted molar refractivity (Wildman–Crippen MR) is 58.0 cm³/mol. The Balaban J connectivity index is 2.16. The van der Waals surface area contributed by atoms with E-state index in [-0.39, 0.29) is 25.5 Å². The Labute approximate surface area is 103 Å². The summed E-state index contributed by atoms with van der Waals surface area (Å²) in [5, 5.41) is 23.3. The van der Waals surface area contributed by atoms with Gasteiger partial charge in [0.25, 0.3) is 11.8 Å². The molecule has 0 aliphatic rings. The molecule has 0 aliphatic heterocycles. The largest absolute Gasteiger partial charge is 0.479 e. The molecule has 0 aromatic carbocycles. The van der Waals surface area contributed by atoms with Gasteiger partial charge in [-0.05, 0) is 12.1 Å². The lowest BCUT2D eigenvalue weighted by Crippen LogP contribution is -2.33. The van der Waals surface area contributed by atoms with Crippen molar-refractivity contribution in [3.63, 3.8) is 0 Å². The van der Waals surface area contributed by atoms with Crippen molar-refractivity contribution < 1.29 is 29.1 Å². The van der Waals surface area contributed by atoms with Crippen molar-refractivity contribution in [1.29, 1.82) is 0 Å². The number of hydrogen-bond donors (Lipinski definition) is 3. The molecule has 0 saturated carbocycles. The monoisotopic (exact) mass is 258 g/mol. The number of carboxylic acid groups (broad SMARTS) is 1. The summed E-state index contributed by atoms with van der Waals surface area (Å²) in [6.07, 6.45) is -1.55. The zero-order chi connectivity index (χ0) is 13.5. The van der Waals surface area contributed by atoms with E-state index in [0.717, 1.165) is 0 Å². The Bertz CT molecular complexity index is 416. The van der Waals surface area contributed by atoms with Crippen LogP contribution in [-0.2, 0) is 9.59 Å². The minimum absolute atomic E-state index is 0.0491. The molecule has 8 nitrogen and oxygen atoms in total. The van der Waals surface area contributed by atoms with Crippen LogP contribution in [0.25, 0.3) is 0 Å². The van der Waals surface area contributed by atoms with E-state index in [1.54, 1.807) is 6.92 Å². The summed E-state index contributed by atoms with van der Waals surface area (Å²) in [6.45, 7) is 1.48. The number of nitrogens with zero attached hydrogens (tertiary/aromatic N) is 1. The van der Waals surface area contributed by atoms with Crippen molar-refractivity contribution in [1.82, 2.24) is 10.5 Å². The number of nitrogens with one attached hydrogen (secondary N) is 1. The normalized spacial score (nSPS) is 11.9. The highest BCUT2D eigenvalue weighted by Gasteiger charge is 2.13. The zero-order valence-corrected chi connectivity index (χ0v) is 9.75. The first kappa shape index (κ1) is 14.0. The van der Waals surface area contributed by atoms with Crippen molar-refractivity contribution in [2.75, 3.05) is 13.2 Å². The quantitative estimate of drug-likeness (QED) is 0.591. The number of rotatable bonds is 7. The maximum atomic E-state index is 11.3. The molecule has 1 heterocycles. The molecule has 0 spiro atoms. The third kappa shape index (κ3) is 4.83. The van der Waals surface area contributed by atoms with Gasteiger partial charge in [-0.25, -0.2) is 4.79 Å². The van der Waals surface area contributed by atoms with Crippen LogP contribution in [0.5, 0.6) is 5.88 Å². The summed E-state index contributed by atoms with van der Waals surface area (Å²) >= 11 is 0. The third-order valence-corrected chi connectivity index (χ3v) is 1.98. The van der Waals surface area contributed by atoms with Crippen LogP contribution in [0.1, 0.15) is 12.2 Å². The second kappa shape index (κ2) is 6.60. The molecule has 1 aromatic rings. The molecule has 0 radical (unpaired) electrons. The first-order valence-corrected chi connectivity index (χ1v) is 5.22. The molecule has 1 rings (SSSR count). The average Bonchev–Trinajstić information content (AvgIpc) is 2.72. The van der Waals surface area contributed by atoms with E-state index in [1.165, 1.54) is 6.07 Å². The van der Waals surface area contributed by atoms with Crippen LogP contribution in [0, 0.1) is 6.92 Å². The second-order valence-corrected chi connectivity index (χ2v) is 3.56. The van der Waals surface area contributed by atoms with Gasteiger partial charge in [-0.15, -0.1) is 0 Å². The Morgan fingerprint density at radius 1 is 1.61 bits per heavy atom. The molecular formula is C10H14N2O6. The number of amides is 1. The lowest BCUT2D eigenvalue weighted by molar-refractivity contribution is -0.147. The predicted octanol–water partition coefficient (Wildman–Crippen LogP) is -0.686. The Hall–Kier alpha value is -2.09. The molecule has 8 heteroatoms. The number of aromatic nitrogens is 1. The smallest absolute Gasteiger partial charge is 0.332 e. The minimum Gasteiger partial charge on any atom is -0.479 e.